The van der Waals surface area contributed by atoms with E-state index in [4.69, 9.17) is 4.74 Å². The lowest BCUT2D eigenvalue weighted by atomic mass is 10.1. The fourth-order valence-electron chi connectivity index (χ4n) is 1.67. The quantitative estimate of drug-likeness (QED) is 0.755. The first kappa shape index (κ1) is 17.5. The smallest absolute Gasteiger partial charge is 0.323 e. The number of ether oxygens (including phenoxy) is 1. The Hall–Kier alpha value is -1.59. The van der Waals surface area contributed by atoms with Gasteiger partial charge in [-0.2, -0.15) is 15.0 Å². The van der Waals surface area contributed by atoms with E-state index in [9.17, 15) is 0 Å². The van der Waals surface area contributed by atoms with Crippen molar-refractivity contribution < 1.29 is 4.74 Å². The Morgan fingerprint density at radius 1 is 1.05 bits per heavy atom. The number of hydrogen-bond acceptors (Lipinski definition) is 6. The van der Waals surface area contributed by atoms with Gasteiger partial charge in [0.1, 0.15) is 5.60 Å². The Balaban J connectivity index is 3.08. The number of hydrogen-bond donors (Lipinski definition) is 1. The number of nitrogens with zero attached hydrogens (tertiary/aromatic N) is 4. The summed E-state index contributed by atoms with van der Waals surface area (Å²) in [6.45, 7) is 15.0. The molecule has 120 valence electrons. The predicted octanol–water partition coefficient (Wildman–Crippen LogP) is 3.11. The van der Waals surface area contributed by atoms with Gasteiger partial charge in [0.05, 0.1) is 0 Å². The highest BCUT2D eigenvalue weighted by atomic mass is 16.5. The first-order valence-electron chi connectivity index (χ1n) is 7.89. The van der Waals surface area contributed by atoms with E-state index in [1.807, 2.05) is 13.8 Å². The van der Waals surface area contributed by atoms with Gasteiger partial charge in [0.15, 0.2) is 0 Å². The molecule has 1 rings (SSSR count). The molecule has 0 saturated carbocycles. The zero-order valence-corrected chi connectivity index (χ0v) is 14.2. The third-order valence-corrected chi connectivity index (χ3v) is 3.40. The number of nitrogens with one attached hydrogen (secondary N) is 1. The van der Waals surface area contributed by atoms with Crippen molar-refractivity contribution in [2.45, 2.75) is 60.0 Å². The maximum Gasteiger partial charge on any atom is 0.323 e. The van der Waals surface area contributed by atoms with Crippen LogP contribution in [-0.4, -0.2) is 40.2 Å². The molecule has 21 heavy (non-hydrogen) atoms. The molecular weight excluding hydrogens is 266 g/mol. The summed E-state index contributed by atoms with van der Waals surface area (Å²) in [5.74, 6) is 1.24. The lowest BCUT2D eigenvalue weighted by Gasteiger charge is -2.25. The lowest BCUT2D eigenvalue weighted by Crippen LogP contribution is -2.30. The molecule has 0 spiro atoms. The molecule has 0 aliphatic rings. The van der Waals surface area contributed by atoms with Crippen molar-refractivity contribution in [1.82, 2.24) is 15.0 Å². The van der Waals surface area contributed by atoms with E-state index in [2.05, 4.69) is 52.9 Å². The van der Waals surface area contributed by atoms with Gasteiger partial charge in [-0.05, 0) is 40.5 Å². The van der Waals surface area contributed by atoms with Crippen molar-refractivity contribution in [3.05, 3.63) is 0 Å². The van der Waals surface area contributed by atoms with Gasteiger partial charge in [-0.15, -0.1) is 0 Å². The van der Waals surface area contributed by atoms with Crippen LogP contribution in [0.4, 0.5) is 11.9 Å². The molecule has 0 amide bonds. The topological polar surface area (TPSA) is 63.2 Å². The van der Waals surface area contributed by atoms with Gasteiger partial charge in [-0.3, -0.25) is 0 Å². The molecular formula is C15H29N5O. The average molecular weight is 295 g/mol. The van der Waals surface area contributed by atoms with E-state index in [1.165, 1.54) is 0 Å². The van der Waals surface area contributed by atoms with Gasteiger partial charge in [0, 0.05) is 19.6 Å². The average Bonchev–Trinajstić information content (AvgIpc) is 2.46. The third kappa shape index (κ3) is 5.36. The Morgan fingerprint density at radius 3 is 2.24 bits per heavy atom. The highest BCUT2D eigenvalue weighted by Crippen LogP contribution is 2.20. The van der Waals surface area contributed by atoms with Crippen molar-refractivity contribution in [2.75, 3.05) is 29.9 Å². The second-order valence-electron chi connectivity index (χ2n) is 5.56. The van der Waals surface area contributed by atoms with E-state index in [0.717, 1.165) is 32.5 Å². The first-order chi connectivity index (χ1) is 9.95. The molecule has 1 heterocycles. The van der Waals surface area contributed by atoms with Gasteiger partial charge in [0.25, 0.3) is 0 Å². The van der Waals surface area contributed by atoms with Crippen LogP contribution in [0.2, 0.25) is 0 Å². The fourth-order valence-corrected chi connectivity index (χ4v) is 1.67. The minimum absolute atomic E-state index is 0.288. The second-order valence-corrected chi connectivity index (χ2v) is 5.56. The van der Waals surface area contributed by atoms with E-state index in [1.54, 1.807) is 0 Å². The van der Waals surface area contributed by atoms with Gasteiger partial charge < -0.3 is 15.0 Å². The molecule has 6 nitrogen and oxygen atoms in total. The zero-order valence-electron chi connectivity index (χ0n) is 14.2. The Kier molecular flexibility index (Phi) is 6.65. The van der Waals surface area contributed by atoms with Crippen LogP contribution in [0.3, 0.4) is 0 Å². The van der Waals surface area contributed by atoms with E-state index < -0.39 is 0 Å². The van der Waals surface area contributed by atoms with E-state index in [-0.39, 0.29) is 5.60 Å². The third-order valence-electron chi connectivity index (χ3n) is 3.40. The maximum atomic E-state index is 5.92. The minimum atomic E-state index is -0.288. The van der Waals surface area contributed by atoms with Crippen molar-refractivity contribution >= 4 is 11.9 Å². The largest absolute Gasteiger partial charge is 0.457 e. The van der Waals surface area contributed by atoms with Crippen LogP contribution in [0.1, 0.15) is 54.4 Å². The van der Waals surface area contributed by atoms with Crippen molar-refractivity contribution in [3.63, 3.8) is 0 Å². The van der Waals surface area contributed by atoms with Crippen molar-refractivity contribution in [2.24, 2.45) is 0 Å². The molecule has 0 aliphatic heterocycles. The van der Waals surface area contributed by atoms with Crippen LogP contribution in [0.5, 0.6) is 6.01 Å². The highest BCUT2D eigenvalue weighted by Gasteiger charge is 2.20. The highest BCUT2D eigenvalue weighted by molar-refractivity contribution is 5.38. The molecule has 0 unspecified atom stereocenters. The lowest BCUT2D eigenvalue weighted by molar-refractivity contribution is 0.0925. The normalized spacial score (nSPS) is 11.3. The van der Waals surface area contributed by atoms with Crippen LogP contribution >= 0.6 is 0 Å². The summed E-state index contributed by atoms with van der Waals surface area (Å²) in [6, 6.07) is 0.386. The van der Waals surface area contributed by atoms with Crippen LogP contribution in [0.15, 0.2) is 0 Å². The summed E-state index contributed by atoms with van der Waals surface area (Å²) in [6.07, 6.45) is 1.90. The molecule has 6 heteroatoms. The molecule has 0 fully saturated rings. The molecule has 0 aliphatic carbocycles. The molecule has 1 aromatic rings. The number of rotatable bonds is 9. The summed E-state index contributed by atoms with van der Waals surface area (Å²) in [5, 5.41) is 3.21. The molecule has 0 aromatic carbocycles. The summed E-state index contributed by atoms with van der Waals surface area (Å²) in [4.78, 5) is 15.4. The predicted molar refractivity (Wildman–Crippen MR) is 87.2 cm³/mol. The number of aromatic nitrogens is 3. The molecule has 1 N–H and O–H groups in total. The molecule has 1 aromatic heterocycles. The van der Waals surface area contributed by atoms with Crippen LogP contribution in [-0.2, 0) is 0 Å². The minimum Gasteiger partial charge on any atom is -0.457 e. The Morgan fingerprint density at radius 2 is 1.71 bits per heavy atom. The van der Waals surface area contributed by atoms with Gasteiger partial charge in [-0.1, -0.05) is 13.8 Å². The van der Waals surface area contributed by atoms with Gasteiger partial charge in [-0.25, -0.2) is 0 Å². The maximum absolute atomic E-state index is 5.92. The fraction of sp³-hybridized carbons (Fsp3) is 0.800. The Bertz CT molecular complexity index is 432. The van der Waals surface area contributed by atoms with Crippen LogP contribution in [0.25, 0.3) is 0 Å². The van der Waals surface area contributed by atoms with E-state index in [0.29, 0.717) is 17.9 Å². The van der Waals surface area contributed by atoms with Crippen LogP contribution < -0.4 is 15.0 Å². The zero-order chi connectivity index (χ0) is 15.9. The van der Waals surface area contributed by atoms with E-state index >= 15 is 0 Å². The summed E-state index contributed by atoms with van der Waals surface area (Å²) in [7, 11) is 0. The summed E-state index contributed by atoms with van der Waals surface area (Å²) >= 11 is 0. The summed E-state index contributed by atoms with van der Waals surface area (Å²) < 4.78 is 5.92. The summed E-state index contributed by atoms with van der Waals surface area (Å²) in [5.41, 5.74) is -0.288. The monoisotopic (exact) mass is 295 g/mol. The first-order valence-corrected chi connectivity index (χ1v) is 7.89. The van der Waals surface area contributed by atoms with Gasteiger partial charge in [0.2, 0.25) is 11.9 Å². The van der Waals surface area contributed by atoms with Crippen molar-refractivity contribution in [3.8, 4) is 6.01 Å². The molecule has 0 saturated heterocycles. The Labute approximate surface area is 128 Å². The van der Waals surface area contributed by atoms with Crippen molar-refractivity contribution in [1.29, 1.82) is 0 Å². The molecule has 0 atom stereocenters. The molecule has 0 radical (unpaired) electrons. The number of anilines is 2. The van der Waals surface area contributed by atoms with Crippen LogP contribution in [0, 0.1) is 0 Å². The standard InChI is InChI=1S/C15H29N5O/c1-7-11-16-12-17-13(20(9-3)10-4)19-14(18-12)21-15(5,6)8-2/h7-11H2,1-6H3,(H,16,17,18,19). The SMILES string of the molecule is CCCNc1nc(OC(C)(C)CC)nc(N(CC)CC)n1. The molecule has 0 bridgehead atoms. The van der Waals surface area contributed by atoms with Gasteiger partial charge >= 0.3 is 6.01 Å². The second kappa shape index (κ2) is 8.00.